The van der Waals surface area contributed by atoms with Gasteiger partial charge in [-0.3, -0.25) is 0 Å². The standard InChI is InChI=1S/C7H18OP/c1-5-8-6-7-9(2,3)4/h5-7H2,1-4H3/q+1. The highest BCUT2D eigenvalue weighted by atomic mass is 31.2. The Hall–Kier alpha value is 0.390. The van der Waals surface area contributed by atoms with Gasteiger partial charge in [0.2, 0.25) is 0 Å². The van der Waals surface area contributed by atoms with Crippen LogP contribution in [0.15, 0.2) is 0 Å². The third-order valence-corrected chi connectivity index (χ3v) is 2.63. The zero-order valence-electron chi connectivity index (χ0n) is 6.98. The van der Waals surface area contributed by atoms with Crippen molar-refractivity contribution >= 4 is 7.26 Å². The highest BCUT2D eigenvalue weighted by Crippen LogP contribution is 2.45. The fourth-order valence-corrected chi connectivity index (χ4v) is 1.16. The third-order valence-electron chi connectivity index (χ3n) is 1.11. The Balaban J connectivity index is 3.07. The molecule has 0 atom stereocenters. The summed E-state index contributed by atoms with van der Waals surface area (Å²) in [5, 5.41) is 0. The van der Waals surface area contributed by atoms with E-state index < -0.39 is 7.26 Å². The van der Waals surface area contributed by atoms with Crippen LogP contribution in [0.4, 0.5) is 0 Å². The third kappa shape index (κ3) is 8.39. The maximum absolute atomic E-state index is 5.24. The van der Waals surface area contributed by atoms with E-state index in [4.69, 9.17) is 4.74 Å². The van der Waals surface area contributed by atoms with E-state index in [1.54, 1.807) is 0 Å². The molecule has 56 valence electrons. The van der Waals surface area contributed by atoms with Gasteiger partial charge in [-0.25, -0.2) is 0 Å². The molecule has 0 N–H and O–H groups in total. The zero-order valence-corrected chi connectivity index (χ0v) is 7.87. The van der Waals surface area contributed by atoms with Crippen LogP contribution in [0.5, 0.6) is 0 Å². The zero-order chi connectivity index (χ0) is 7.33. The predicted molar refractivity (Wildman–Crippen MR) is 46.1 cm³/mol. The van der Waals surface area contributed by atoms with Crippen molar-refractivity contribution in [3.8, 4) is 0 Å². The first-order chi connectivity index (χ1) is 4.06. The molecule has 1 nitrogen and oxygen atoms in total. The quantitative estimate of drug-likeness (QED) is 0.438. The van der Waals surface area contributed by atoms with Crippen LogP contribution in [0.1, 0.15) is 6.92 Å². The van der Waals surface area contributed by atoms with E-state index in [0.29, 0.717) is 0 Å². The normalized spacial score (nSPS) is 12.0. The Bertz CT molecular complexity index is 65.8. The first kappa shape index (κ1) is 9.39. The molecule has 0 aromatic heterocycles. The molecule has 0 rings (SSSR count). The van der Waals surface area contributed by atoms with Crippen molar-refractivity contribution in [1.82, 2.24) is 0 Å². The van der Waals surface area contributed by atoms with Crippen molar-refractivity contribution in [3.05, 3.63) is 0 Å². The van der Waals surface area contributed by atoms with Gasteiger partial charge in [-0.05, 0) is 6.92 Å². The summed E-state index contributed by atoms with van der Waals surface area (Å²) in [6.45, 7) is 10.9. The molecule has 9 heavy (non-hydrogen) atoms. The minimum absolute atomic E-state index is 0.570. The first-order valence-electron chi connectivity index (χ1n) is 3.44. The summed E-state index contributed by atoms with van der Waals surface area (Å²) < 4.78 is 5.24. The van der Waals surface area contributed by atoms with Crippen LogP contribution in [0.25, 0.3) is 0 Å². The second-order valence-electron chi connectivity index (χ2n) is 3.21. The average molecular weight is 149 g/mol. The molecular formula is C7H18OP+. The van der Waals surface area contributed by atoms with Gasteiger partial charge in [0.15, 0.2) is 0 Å². The molecule has 0 amide bonds. The first-order valence-corrected chi connectivity index (χ1v) is 6.76. The molecule has 0 radical (unpaired) electrons. The maximum Gasteiger partial charge on any atom is 0.0820 e. The summed E-state index contributed by atoms with van der Waals surface area (Å²) in [5.74, 6) is 0. The van der Waals surface area contributed by atoms with Crippen LogP contribution in [0, 0.1) is 0 Å². The van der Waals surface area contributed by atoms with Crippen molar-refractivity contribution in [2.75, 3.05) is 39.4 Å². The molecule has 0 heterocycles. The summed E-state index contributed by atoms with van der Waals surface area (Å²) in [7, 11) is -0.570. The molecule has 0 spiro atoms. The molecule has 0 aromatic carbocycles. The summed E-state index contributed by atoms with van der Waals surface area (Å²) in [4.78, 5) is 0. The van der Waals surface area contributed by atoms with Crippen molar-refractivity contribution < 1.29 is 4.74 Å². The van der Waals surface area contributed by atoms with Gasteiger partial charge in [-0.2, -0.15) is 0 Å². The lowest BCUT2D eigenvalue weighted by Crippen LogP contribution is -2.02. The average Bonchev–Trinajstić information content (AvgIpc) is 1.63. The number of ether oxygens (including phenoxy) is 1. The highest BCUT2D eigenvalue weighted by molar-refractivity contribution is 7.73. The summed E-state index contributed by atoms with van der Waals surface area (Å²) in [6.07, 6.45) is 1.26. The summed E-state index contributed by atoms with van der Waals surface area (Å²) in [6, 6.07) is 0. The van der Waals surface area contributed by atoms with Gasteiger partial charge in [0.1, 0.15) is 0 Å². The summed E-state index contributed by atoms with van der Waals surface area (Å²) >= 11 is 0. The van der Waals surface area contributed by atoms with Crippen LogP contribution in [0.3, 0.4) is 0 Å². The van der Waals surface area contributed by atoms with E-state index in [1.165, 1.54) is 6.16 Å². The molecule has 0 aliphatic carbocycles. The molecule has 0 aliphatic heterocycles. The van der Waals surface area contributed by atoms with Crippen LogP contribution in [-0.2, 0) is 4.74 Å². The molecule has 0 saturated carbocycles. The summed E-state index contributed by atoms with van der Waals surface area (Å²) in [5.41, 5.74) is 0. The van der Waals surface area contributed by atoms with E-state index in [9.17, 15) is 0 Å². The Morgan fingerprint density at radius 3 is 2.11 bits per heavy atom. The highest BCUT2D eigenvalue weighted by Gasteiger charge is 2.15. The van der Waals surface area contributed by atoms with Crippen molar-refractivity contribution in [2.45, 2.75) is 6.92 Å². The van der Waals surface area contributed by atoms with Gasteiger partial charge in [0, 0.05) is 33.9 Å². The molecule has 0 unspecified atom stereocenters. The molecule has 0 saturated heterocycles. The van der Waals surface area contributed by atoms with E-state index >= 15 is 0 Å². The lowest BCUT2D eigenvalue weighted by atomic mass is 10.8. The Morgan fingerprint density at radius 2 is 1.78 bits per heavy atom. The van der Waals surface area contributed by atoms with Crippen molar-refractivity contribution in [2.24, 2.45) is 0 Å². The minimum Gasteiger partial charge on any atom is -0.378 e. The van der Waals surface area contributed by atoms with Gasteiger partial charge < -0.3 is 4.74 Å². The fourth-order valence-electron chi connectivity index (χ4n) is 0.483. The van der Waals surface area contributed by atoms with Gasteiger partial charge in [0.05, 0.1) is 12.8 Å². The van der Waals surface area contributed by atoms with Gasteiger partial charge in [-0.1, -0.05) is 0 Å². The van der Waals surface area contributed by atoms with E-state index in [1.807, 2.05) is 6.92 Å². The molecule has 0 aromatic rings. The van der Waals surface area contributed by atoms with E-state index in [2.05, 4.69) is 20.0 Å². The molecule has 0 bridgehead atoms. The Morgan fingerprint density at radius 1 is 1.22 bits per heavy atom. The van der Waals surface area contributed by atoms with Gasteiger partial charge in [-0.15, -0.1) is 0 Å². The maximum atomic E-state index is 5.24. The smallest absolute Gasteiger partial charge is 0.0820 e. The predicted octanol–water partition coefficient (Wildman–Crippen LogP) is 1.93. The second-order valence-corrected chi connectivity index (χ2v) is 8.24. The SMILES string of the molecule is CCOCC[P+](C)(C)C. The largest absolute Gasteiger partial charge is 0.378 e. The molecule has 0 aliphatic rings. The Labute approximate surface area is 59.1 Å². The lowest BCUT2D eigenvalue weighted by molar-refractivity contribution is 0.164. The topological polar surface area (TPSA) is 9.23 Å². The molecular weight excluding hydrogens is 131 g/mol. The van der Waals surface area contributed by atoms with Crippen molar-refractivity contribution in [1.29, 1.82) is 0 Å². The van der Waals surface area contributed by atoms with E-state index in [0.717, 1.165) is 13.2 Å². The van der Waals surface area contributed by atoms with E-state index in [-0.39, 0.29) is 0 Å². The lowest BCUT2D eigenvalue weighted by Gasteiger charge is -2.10. The van der Waals surface area contributed by atoms with Crippen LogP contribution < -0.4 is 0 Å². The van der Waals surface area contributed by atoms with Crippen LogP contribution >= 0.6 is 7.26 Å². The fraction of sp³-hybridized carbons (Fsp3) is 1.00. The van der Waals surface area contributed by atoms with Gasteiger partial charge in [0.25, 0.3) is 0 Å². The minimum atomic E-state index is -0.570. The van der Waals surface area contributed by atoms with Crippen molar-refractivity contribution in [3.63, 3.8) is 0 Å². The molecule has 0 fully saturated rings. The van der Waals surface area contributed by atoms with Crippen LogP contribution in [-0.4, -0.2) is 39.4 Å². The van der Waals surface area contributed by atoms with Crippen LogP contribution in [0.2, 0.25) is 0 Å². The second kappa shape index (κ2) is 4.24. The number of hydrogen-bond acceptors (Lipinski definition) is 1. The van der Waals surface area contributed by atoms with Gasteiger partial charge >= 0.3 is 0 Å². The Kier molecular flexibility index (Phi) is 4.43. The molecule has 2 heteroatoms. The number of rotatable bonds is 4. The number of hydrogen-bond donors (Lipinski definition) is 0. The monoisotopic (exact) mass is 149 g/mol.